The van der Waals surface area contributed by atoms with Crippen molar-refractivity contribution in [2.24, 2.45) is 0 Å². The minimum atomic E-state index is -1.40. The summed E-state index contributed by atoms with van der Waals surface area (Å²) in [5.74, 6) is -5.12. The Kier molecular flexibility index (Phi) is 5.56. The van der Waals surface area contributed by atoms with Gasteiger partial charge in [-0.2, -0.15) is 9.49 Å². The summed E-state index contributed by atoms with van der Waals surface area (Å²) in [5.41, 5.74) is 6.71. The average Bonchev–Trinajstić information content (AvgIpc) is 3.22. The van der Waals surface area contributed by atoms with Gasteiger partial charge in [0.2, 0.25) is 5.82 Å². The summed E-state index contributed by atoms with van der Waals surface area (Å²) < 4.78 is 63.9. The van der Waals surface area contributed by atoms with E-state index in [0.29, 0.717) is 23.6 Å². The van der Waals surface area contributed by atoms with Crippen LogP contribution < -0.4 is 15.8 Å². The first kappa shape index (κ1) is 22.1. The zero-order valence-electron chi connectivity index (χ0n) is 18.1. The van der Waals surface area contributed by atoms with Gasteiger partial charge in [-0.15, -0.1) is 0 Å². The van der Waals surface area contributed by atoms with E-state index in [9.17, 15) is 13.2 Å². The van der Waals surface area contributed by atoms with Crippen LogP contribution in [0.15, 0.2) is 30.6 Å². The topological polar surface area (TPSA) is 90.9 Å². The molecular weight excluding hydrogens is 452 g/mol. The van der Waals surface area contributed by atoms with E-state index in [-0.39, 0.29) is 34.4 Å². The number of benzene rings is 2. The van der Waals surface area contributed by atoms with Crippen LogP contribution in [0.4, 0.5) is 23.4 Å². The summed E-state index contributed by atoms with van der Waals surface area (Å²) in [6.07, 6.45) is 3.16. The number of piperidine rings is 1. The first-order valence-corrected chi connectivity index (χ1v) is 10.7. The van der Waals surface area contributed by atoms with Crippen LogP contribution in [-0.2, 0) is 0 Å². The molecule has 0 radical (unpaired) electrons. The van der Waals surface area contributed by atoms with Gasteiger partial charge in [-0.3, -0.25) is 0 Å². The maximum absolute atomic E-state index is 15.2. The number of nitrogen functional groups attached to an aromatic ring is 1. The maximum Gasteiger partial charge on any atom is 0.201 e. The van der Waals surface area contributed by atoms with Gasteiger partial charge in [0.1, 0.15) is 35.2 Å². The molecule has 0 amide bonds. The van der Waals surface area contributed by atoms with Crippen LogP contribution >= 0.6 is 0 Å². The van der Waals surface area contributed by atoms with Gasteiger partial charge in [0.15, 0.2) is 17.2 Å². The lowest BCUT2D eigenvalue weighted by Crippen LogP contribution is -2.32. The number of nitrogens with two attached hydrogens (primary N) is 1. The van der Waals surface area contributed by atoms with Crippen LogP contribution in [0.3, 0.4) is 0 Å². The van der Waals surface area contributed by atoms with Gasteiger partial charge in [0.25, 0.3) is 0 Å². The van der Waals surface area contributed by atoms with Crippen LogP contribution in [0.1, 0.15) is 24.4 Å². The fraction of sp³-hybridized carbons (Fsp3) is 0.261. The van der Waals surface area contributed by atoms with Gasteiger partial charge in [0, 0.05) is 29.8 Å². The van der Waals surface area contributed by atoms with Gasteiger partial charge >= 0.3 is 0 Å². The second kappa shape index (κ2) is 8.56. The van der Waals surface area contributed by atoms with E-state index >= 15 is 4.39 Å². The predicted molar refractivity (Wildman–Crippen MR) is 117 cm³/mol. The Labute approximate surface area is 191 Å². The summed E-state index contributed by atoms with van der Waals surface area (Å²) in [6.45, 7) is 2.83. The lowest BCUT2D eigenvalue weighted by Gasteiger charge is -2.23. The summed E-state index contributed by atoms with van der Waals surface area (Å²) in [4.78, 5) is 8.35. The number of ether oxygens (including phenoxy) is 1. The summed E-state index contributed by atoms with van der Waals surface area (Å²) in [7, 11) is 0. The highest BCUT2D eigenvalue weighted by Gasteiger charge is 2.25. The minimum absolute atomic E-state index is 0.0128. The van der Waals surface area contributed by atoms with Crippen LogP contribution in [0.2, 0.25) is 0 Å². The van der Waals surface area contributed by atoms with Crippen molar-refractivity contribution in [3.63, 3.8) is 0 Å². The van der Waals surface area contributed by atoms with E-state index in [1.165, 1.54) is 25.4 Å². The number of hydrogen-bond donors (Lipinski definition) is 2. The Morgan fingerprint density at radius 1 is 1.09 bits per heavy atom. The Morgan fingerprint density at radius 3 is 2.65 bits per heavy atom. The Hall–Kier alpha value is -3.73. The number of nitrogens with one attached hydrogen (secondary N) is 1. The van der Waals surface area contributed by atoms with Crippen LogP contribution in [0.25, 0.3) is 22.3 Å². The highest BCUT2D eigenvalue weighted by molar-refractivity contribution is 5.98. The van der Waals surface area contributed by atoms with Crippen molar-refractivity contribution in [2.75, 3.05) is 18.8 Å². The molecule has 1 atom stereocenters. The van der Waals surface area contributed by atoms with Crippen molar-refractivity contribution < 1.29 is 22.3 Å². The highest BCUT2D eigenvalue weighted by Crippen LogP contribution is 2.37. The molecule has 0 unspecified atom stereocenters. The van der Waals surface area contributed by atoms with Gasteiger partial charge in [-0.25, -0.2) is 27.8 Å². The quantitative estimate of drug-likeness (QED) is 0.332. The standard InChI is InChI=1S/C23H20F4N6O/c1-11-15(24)8-17(26)19(27)21(11)34-13-4-5-14(16(25)7-13)20-18-22(28)30-10-31-23(18)33(32-20)12-3-2-6-29-9-12/h4-5,7-8,10,12,29H,2-3,6,9H2,1H3,(H2,28,30,31)/t12-/m0/s1. The third-order valence-corrected chi connectivity index (χ3v) is 5.91. The van der Waals surface area contributed by atoms with Gasteiger partial charge in [-0.1, -0.05) is 0 Å². The molecule has 176 valence electrons. The molecule has 34 heavy (non-hydrogen) atoms. The lowest BCUT2D eigenvalue weighted by molar-refractivity contribution is 0.354. The molecule has 0 aliphatic carbocycles. The van der Waals surface area contributed by atoms with E-state index in [0.717, 1.165) is 25.5 Å². The van der Waals surface area contributed by atoms with Crippen LogP contribution in [0.5, 0.6) is 11.5 Å². The second-order valence-electron chi connectivity index (χ2n) is 8.10. The third kappa shape index (κ3) is 3.71. The Balaban J connectivity index is 1.57. The molecule has 1 fully saturated rings. The molecule has 11 heteroatoms. The molecule has 2 aromatic carbocycles. The van der Waals surface area contributed by atoms with Gasteiger partial charge in [0.05, 0.1) is 11.4 Å². The Bertz CT molecular complexity index is 1370. The monoisotopic (exact) mass is 472 g/mol. The lowest BCUT2D eigenvalue weighted by atomic mass is 10.1. The molecule has 3 N–H and O–H groups in total. The summed E-state index contributed by atoms with van der Waals surface area (Å²) in [5, 5.41) is 8.35. The smallest absolute Gasteiger partial charge is 0.201 e. The molecule has 1 aliphatic heterocycles. The number of aromatic nitrogens is 4. The summed E-state index contributed by atoms with van der Waals surface area (Å²) >= 11 is 0. The van der Waals surface area contributed by atoms with Crippen molar-refractivity contribution >= 4 is 16.9 Å². The fourth-order valence-electron chi connectivity index (χ4n) is 4.14. The van der Waals surface area contributed by atoms with Crippen molar-refractivity contribution in [2.45, 2.75) is 25.8 Å². The average molecular weight is 472 g/mol. The first-order chi connectivity index (χ1) is 16.3. The Morgan fingerprint density at radius 2 is 1.91 bits per heavy atom. The zero-order valence-corrected chi connectivity index (χ0v) is 18.1. The number of fused-ring (bicyclic) bond motifs is 1. The molecule has 1 aliphatic rings. The van der Waals surface area contributed by atoms with E-state index in [1.54, 1.807) is 4.68 Å². The third-order valence-electron chi connectivity index (χ3n) is 5.91. The zero-order chi connectivity index (χ0) is 24.0. The van der Waals surface area contributed by atoms with Crippen molar-refractivity contribution in [1.29, 1.82) is 0 Å². The van der Waals surface area contributed by atoms with Crippen molar-refractivity contribution in [3.8, 4) is 22.8 Å². The molecule has 1 saturated heterocycles. The summed E-state index contributed by atoms with van der Waals surface area (Å²) in [6, 6.07) is 4.16. The fourth-order valence-corrected chi connectivity index (χ4v) is 4.14. The molecule has 0 bridgehead atoms. The maximum atomic E-state index is 15.2. The molecule has 3 heterocycles. The van der Waals surface area contributed by atoms with E-state index < -0.39 is 29.0 Å². The van der Waals surface area contributed by atoms with Crippen molar-refractivity contribution in [1.82, 2.24) is 25.1 Å². The molecule has 0 saturated carbocycles. The van der Waals surface area contributed by atoms with Crippen LogP contribution in [0, 0.1) is 30.2 Å². The van der Waals surface area contributed by atoms with E-state index in [1.807, 2.05) is 0 Å². The number of hydrogen-bond acceptors (Lipinski definition) is 6. The van der Waals surface area contributed by atoms with Crippen LogP contribution in [-0.4, -0.2) is 32.8 Å². The molecule has 0 spiro atoms. The number of anilines is 1. The highest BCUT2D eigenvalue weighted by atomic mass is 19.2. The van der Waals surface area contributed by atoms with E-state index in [2.05, 4.69) is 20.4 Å². The number of rotatable bonds is 4. The molecule has 2 aromatic heterocycles. The SMILES string of the molecule is Cc1c(F)cc(F)c(F)c1Oc1ccc(-c2nn([C@H]3CCCNC3)c3ncnc(N)c23)c(F)c1. The number of nitrogens with zero attached hydrogens (tertiary/aromatic N) is 4. The molecule has 5 rings (SSSR count). The molecule has 4 aromatic rings. The predicted octanol–water partition coefficient (Wildman–Crippen LogP) is 4.66. The van der Waals surface area contributed by atoms with Gasteiger partial charge in [-0.05, 0) is 38.4 Å². The second-order valence-corrected chi connectivity index (χ2v) is 8.10. The number of halogens is 4. The molecular formula is C23H20F4N6O. The molecule has 7 nitrogen and oxygen atoms in total. The minimum Gasteiger partial charge on any atom is -0.454 e. The first-order valence-electron chi connectivity index (χ1n) is 10.7. The largest absolute Gasteiger partial charge is 0.454 e. The van der Waals surface area contributed by atoms with Gasteiger partial charge < -0.3 is 15.8 Å². The van der Waals surface area contributed by atoms with Crippen molar-refractivity contribution in [3.05, 3.63) is 59.4 Å². The van der Waals surface area contributed by atoms with E-state index in [4.69, 9.17) is 10.5 Å². The normalized spacial score (nSPS) is 16.2.